The Labute approximate surface area is 81.0 Å². The highest BCUT2D eigenvalue weighted by Crippen LogP contribution is 2.22. The Morgan fingerprint density at radius 3 is 3.08 bits per heavy atom. The Morgan fingerprint density at radius 1 is 1.31 bits per heavy atom. The quantitative estimate of drug-likeness (QED) is 0.772. The summed E-state index contributed by atoms with van der Waals surface area (Å²) in [6.45, 7) is 0.0989. The maximum atomic E-state index is 8.62. The minimum absolute atomic E-state index is 0.0989. The molecule has 0 amide bonds. The summed E-state index contributed by atoms with van der Waals surface area (Å²) < 4.78 is 1.31. The highest BCUT2D eigenvalue weighted by Gasteiger charge is 1.93. The van der Waals surface area contributed by atoms with Crippen molar-refractivity contribution in [3.8, 4) is 0 Å². The molecule has 2 aromatic rings. The van der Waals surface area contributed by atoms with E-state index in [4.69, 9.17) is 5.11 Å². The van der Waals surface area contributed by atoms with E-state index in [0.29, 0.717) is 0 Å². The summed E-state index contributed by atoms with van der Waals surface area (Å²) in [4.78, 5) is 0. The van der Waals surface area contributed by atoms with Gasteiger partial charge in [-0.3, -0.25) is 0 Å². The maximum absolute atomic E-state index is 8.62. The first kappa shape index (κ1) is 8.48. The van der Waals surface area contributed by atoms with E-state index in [1.807, 2.05) is 6.08 Å². The summed E-state index contributed by atoms with van der Waals surface area (Å²) in [6, 6.07) is 8.40. The summed E-state index contributed by atoms with van der Waals surface area (Å²) in [5, 5.41) is 12.0. The number of aliphatic hydroxyl groups excluding tert-OH is 1. The van der Waals surface area contributed by atoms with Crippen LogP contribution >= 0.6 is 11.3 Å². The first-order valence-electron chi connectivity index (χ1n) is 4.15. The molecule has 0 aliphatic rings. The van der Waals surface area contributed by atoms with Gasteiger partial charge in [-0.05, 0) is 34.5 Å². The monoisotopic (exact) mass is 190 g/mol. The average molecular weight is 190 g/mol. The van der Waals surface area contributed by atoms with Crippen molar-refractivity contribution in [2.24, 2.45) is 0 Å². The topological polar surface area (TPSA) is 20.2 Å². The molecule has 0 aliphatic heterocycles. The summed E-state index contributed by atoms with van der Waals surface area (Å²) in [5.74, 6) is 0. The number of benzene rings is 1. The fraction of sp³-hybridized carbons (Fsp3) is 0.0909. The van der Waals surface area contributed by atoms with E-state index in [9.17, 15) is 0 Å². The van der Waals surface area contributed by atoms with Crippen molar-refractivity contribution in [2.75, 3.05) is 6.61 Å². The molecule has 66 valence electrons. The Bertz CT molecular complexity index is 428. The van der Waals surface area contributed by atoms with Crippen molar-refractivity contribution in [2.45, 2.75) is 0 Å². The lowest BCUT2D eigenvalue weighted by molar-refractivity contribution is 0.343. The van der Waals surface area contributed by atoms with Crippen molar-refractivity contribution in [3.05, 3.63) is 41.3 Å². The maximum Gasteiger partial charge on any atom is 0.0615 e. The third-order valence-corrected chi connectivity index (χ3v) is 2.79. The molecule has 1 nitrogen and oxygen atoms in total. The van der Waals surface area contributed by atoms with Crippen molar-refractivity contribution < 1.29 is 5.11 Å². The van der Waals surface area contributed by atoms with E-state index in [2.05, 4.69) is 29.6 Å². The Morgan fingerprint density at radius 2 is 2.23 bits per heavy atom. The molecular formula is C11H10OS. The highest BCUT2D eigenvalue weighted by atomic mass is 32.1. The van der Waals surface area contributed by atoms with Gasteiger partial charge >= 0.3 is 0 Å². The molecule has 1 aromatic heterocycles. The molecule has 1 heterocycles. The van der Waals surface area contributed by atoms with Gasteiger partial charge in [0.1, 0.15) is 0 Å². The van der Waals surface area contributed by atoms with E-state index in [-0.39, 0.29) is 6.61 Å². The van der Waals surface area contributed by atoms with Crippen LogP contribution in [0.1, 0.15) is 5.56 Å². The normalized spacial score (nSPS) is 11.5. The number of fused-ring (bicyclic) bond motifs is 1. The van der Waals surface area contributed by atoms with Crippen LogP contribution in [0.4, 0.5) is 0 Å². The predicted molar refractivity (Wildman–Crippen MR) is 57.9 cm³/mol. The molecule has 0 unspecified atom stereocenters. The SMILES string of the molecule is OCC=Cc1ccc2sccc2c1. The Balaban J connectivity index is 2.42. The van der Waals surface area contributed by atoms with Gasteiger partial charge in [0.15, 0.2) is 0 Å². The third kappa shape index (κ3) is 1.79. The molecule has 1 N–H and O–H groups in total. The summed E-state index contributed by atoms with van der Waals surface area (Å²) in [7, 11) is 0. The summed E-state index contributed by atoms with van der Waals surface area (Å²) in [6.07, 6.45) is 3.67. The zero-order valence-electron chi connectivity index (χ0n) is 7.10. The van der Waals surface area contributed by atoms with Crippen LogP contribution in [0.25, 0.3) is 16.2 Å². The van der Waals surface area contributed by atoms with E-state index in [1.165, 1.54) is 10.1 Å². The molecule has 2 rings (SSSR count). The van der Waals surface area contributed by atoms with Crippen LogP contribution in [0, 0.1) is 0 Å². The molecule has 0 radical (unpaired) electrons. The largest absolute Gasteiger partial charge is 0.392 e. The van der Waals surface area contributed by atoms with Crippen molar-refractivity contribution in [1.82, 2.24) is 0 Å². The number of thiophene rings is 1. The molecule has 0 saturated heterocycles. The fourth-order valence-corrected chi connectivity index (χ4v) is 2.05. The summed E-state index contributed by atoms with van der Waals surface area (Å²) >= 11 is 1.75. The third-order valence-electron chi connectivity index (χ3n) is 1.89. The number of rotatable bonds is 2. The highest BCUT2D eigenvalue weighted by molar-refractivity contribution is 7.17. The van der Waals surface area contributed by atoms with Crippen molar-refractivity contribution in [3.63, 3.8) is 0 Å². The second-order valence-electron chi connectivity index (χ2n) is 2.80. The number of hydrogen-bond donors (Lipinski definition) is 1. The van der Waals surface area contributed by atoms with Crippen LogP contribution in [0.5, 0.6) is 0 Å². The van der Waals surface area contributed by atoms with Crippen LogP contribution in [0.3, 0.4) is 0 Å². The van der Waals surface area contributed by atoms with Crippen LogP contribution in [-0.2, 0) is 0 Å². The molecule has 13 heavy (non-hydrogen) atoms. The minimum atomic E-state index is 0.0989. The zero-order chi connectivity index (χ0) is 9.10. The van der Waals surface area contributed by atoms with Crippen LogP contribution in [0.2, 0.25) is 0 Å². The van der Waals surface area contributed by atoms with Gasteiger partial charge in [-0.2, -0.15) is 0 Å². The molecule has 0 bridgehead atoms. The van der Waals surface area contributed by atoms with Gasteiger partial charge in [0.05, 0.1) is 6.61 Å². The van der Waals surface area contributed by atoms with Gasteiger partial charge in [0.2, 0.25) is 0 Å². The smallest absolute Gasteiger partial charge is 0.0615 e. The molecule has 1 aromatic carbocycles. The lowest BCUT2D eigenvalue weighted by atomic mass is 10.1. The molecular weight excluding hydrogens is 180 g/mol. The first-order valence-corrected chi connectivity index (χ1v) is 5.03. The second kappa shape index (κ2) is 3.73. The van der Waals surface area contributed by atoms with E-state index in [1.54, 1.807) is 17.4 Å². The Hall–Kier alpha value is -1.12. The van der Waals surface area contributed by atoms with E-state index < -0.39 is 0 Å². The zero-order valence-corrected chi connectivity index (χ0v) is 7.92. The average Bonchev–Trinajstić information content (AvgIpc) is 2.61. The van der Waals surface area contributed by atoms with Gasteiger partial charge in [-0.1, -0.05) is 18.2 Å². The standard InChI is InChI=1S/C11H10OS/c12-6-1-2-9-3-4-11-10(8-9)5-7-13-11/h1-5,7-8,12H,6H2. The molecule has 0 saturated carbocycles. The van der Waals surface area contributed by atoms with Gasteiger partial charge in [0.25, 0.3) is 0 Å². The lowest BCUT2D eigenvalue weighted by Gasteiger charge is -1.93. The molecule has 0 fully saturated rings. The van der Waals surface area contributed by atoms with E-state index >= 15 is 0 Å². The van der Waals surface area contributed by atoms with Crippen LogP contribution < -0.4 is 0 Å². The summed E-state index contributed by atoms with van der Waals surface area (Å²) in [5.41, 5.74) is 1.14. The van der Waals surface area contributed by atoms with Gasteiger partial charge in [0, 0.05) is 4.70 Å². The van der Waals surface area contributed by atoms with Crippen molar-refractivity contribution in [1.29, 1.82) is 0 Å². The molecule has 2 heteroatoms. The van der Waals surface area contributed by atoms with Gasteiger partial charge < -0.3 is 5.11 Å². The van der Waals surface area contributed by atoms with Crippen LogP contribution in [0.15, 0.2) is 35.7 Å². The first-order chi connectivity index (χ1) is 6.40. The molecule has 0 spiro atoms. The van der Waals surface area contributed by atoms with Gasteiger partial charge in [-0.15, -0.1) is 11.3 Å². The van der Waals surface area contributed by atoms with Gasteiger partial charge in [-0.25, -0.2) is 0 Å². The molecule has 0 atom stereocenters. The number of hydrogen-bond acceptors (Lipinski definition) is 2. The van der Waals surface area contributed by atoms with Crippen LogP contribution in [-0.4, -0.2) is 11.7 Å². The predicted octanol–water partition coefficient (Wildman–Crippen LogP) is 2.91. The lowest BCUT2D eigenvalue weighted by Crippen LogP contribution is -1.73. The fourth-order valence-electron chi connectivity index (χ4n) is 1.28. The second-order valence-corrected chi connectivity index (χ2v) is 3.75. The molecule has 0 aliphatic carbocycles. The number of aliphatic hydroxyl groups is 1. The minimum Gasteiger partial charge on any atom is -0.392 e. The van der Waals surface area contributed by atoms with E-state index in [0.717, 1.165) is 5.56 Å². The Kier molecular flexibility index (Phi) is 2.43. The van der Waals surface area contributed by atoms with Crippen molar-refractivity contribution >= 4 is 27.5 Å².